The lowest BCUT2D eigenvalue weighted by Crippen LogP contribution is -2.11. The van der Waals surface area contributed by atoms with Gasteiger partial charge in [0.25, 0.3) is 0 Å². The second-order valence-corrected chi connectivity index (χ2v) is 4.72. The average molecular weight is 241 g/mol. The van der Waals surface area contributed by atoms with E-state index in [4.69, 9.17) is 16.3 Å². The fraction of sp³-hybridized carbons (Fsp3) is 0.462. The van der Waals surface area contributed by atoms with Gasteiger partial charge < -0.3 is 4.74 Å². The first-order chi connectivity index (χ1) is 7.49. The zero-order valence-electron chi connectivity index (χ0n) is 9.87. The maximum Gasteiger partial charge on any atom is 0.303 e. The lowest BCUT2D eigenvalue weighted by Gasteiger charge is -2.19. The molecule has 88 valence electrons. The van der Waals surface area contributed by atoms with E-state index in [2.05, 4.69) is 13.8 Å². The van der Waals surface area contributed by atoms with Crippen LogP contribution in [0.3, 0.4) is 0 Å². The third-order valence-corrected chi connectivity index (χ3v) is 2.45. The summed E-state index contributed by atoms with van der Waals surface area (Å²) >= 11 is 5.92. The highest BCUT2D eigenvalue weighted by atomic mass is 35.5. The summed E-state index contributed by atoms with van der Waals surface area (Å²) in [7, 11) is 0. The van der Waals surface area contributed by atoms with Crippen molar-refractivity contribution < 1.29 is 9.53 Å². The first-order valence-corrected chi connectivity index (χ1v) is 5.79. The summed E-state index contributed by atoms with van der Waals surface area (Å²) in [5.74, 6) is 0.203. The van der Waals surface area contributed by atoms with Gasteiger partial charge in [-0.25, -0.2) is 0 Å². The lowest BCUT2D eigenvalue weighted by molar-refractivity contribution is -0.147. The van der Waals surface area contributed by atoms with E-state index in [1.54, 1.807) is 0 Å². The van der Waals surface area contributed by atoms with E-state index in [0.717, 1.165) is 12.0 Å². The Bertz CT molecular complexity index is 361. The van der Waals surface area contributed by atoms with Gasteiger partial charge in [0.2, 0.25) is 0 Å². The zero-order chi connectivity index (χ0) is 12.1. The predicted octanol–water partition coefficient (Wildman–Crippen LogP) is 3.99. The molecule has 0 saturated heterocycles. The largest absolute Gasteiger partial charge is 0.458 e. The highest BCUT2D eigenvalue weighted by Crippen LogP contribution is 2.27. The van der Waals surface area contributed by atoms with Gasteiger partial charge in [-0.2, -0.15) is 0 Å². The highest BCUT2D eigenvalue weighted by molar-refractivity contribution is 6.30. The van der Waals surface area contributed by atoms with Crippen LogP contribution < -0.4 is 0 Å². The Labute approximate surface area is 102 Å². The van der Waals surface area contributed by atoms with Crippen LogP contribution in [0.5, 0.6) is 0 Å². The first kappa shape index (κ1) is 13.0. The van der Waals surface area contributed by atoms with Crippen LogP contribution in [0, 0.1) is 5.92 Å². The second kappa shape index (κ2) is 5.90. The molecule has 0 bridgehead atoms. The molecule has 0 aliphatic heterocycles. The van der Waals surface area contributed by atoms with Crippen molar-refractivity contribution in [3.8, 4) is 0 Å². The fourth-order valence-corrected chi connectivity index (χ4v) is 1.79. The Morgan fingerprint density at radius 2 is 2.12 bits per heavy atom. The van der Waals surface area contributed by atoms with E-state index in [1.165, 1.54) is 6.92 Å². The molecule has 1 rings (SSSR count). The van der Waals surface area contributed by atoms with Crippen molar-refractivity contribution in [3.05, 3.63) is 34.9 Å². The topological polar surface area (TPSA) is 26.3 Å². The Kier molecular flexibility index (Phi) is 4.81. The molecular weight excluding hydrogens is 224 g/mol. The minimum absolute atomic E-state index is 0.198. The molecular formula is C13H17ClO2. The quantitative estimate of drug-likeness (QED) is 0.744. The van der Waals surface area contributed by atoms with Crippen LogP contribution in [0.2, 0.25) is 5.02 Å². The summed E-state index contributed by atoms with van der Waals surface area (Å²) in [5, 5.41) is 0.665. The summed E-state index contributed by atoms with van der Waals surface area (Å²) in [6.45, 7) is 5.62. The van der Waals surface area contributed by atoms with Gasteiger partial charge >= 0.3 is 5.97 Å². The predicted molar refractivity (Wildman–Crippen MR) is 65.4 cm³/mol. The molecule has 0 aliphatic carbocycles. The second-order valence-electron chi connectivity index (χ2n) is 4.28. The molecule has 16 heavy (non-hydrogen) atoms. The van der Waals surface area contributed by atoms with Gasteiger partial charge in [-0.1, -0.05) is 37.6 Å². The molecule has 0 spiro atoms. The third-order valence-electron chi connectivity index (χ3n) is 2.21. The van der Waals surface area contributed by atoms with Crippen LogP contribution >= 0.6 is 11.6 Å². The van der Waals surface area contributed by atoms with Crippen LogP contribution in [-0.4, -0.2) is 5.97 Å². The smallest absolute Gasteiger partial charge is 0.303 e. The molecule has 0 unspecified atom stereocenters. The number of esters is 1. The van der Waals surface area contributed by atoms with E-state index in [1.807, 2.05) is 24.3 Å². The van der Waals surface area contributed by atoms with E-state index >= 15 is 0 Å². The standard InChI is InChI=1S/C13H17ClO2/c1-9(2)7-13(16-10(3)15)11-5-4-6-12(14)8-11/h4-6,8-9,13H,7H2,1-3H3/t13-/m0/s1. The Balaban J connectivity index is 2.86. The van der Waals surface area contributed by atoms with Crippen molar-refractivity contribution in [3.63, 3.8) is 0 Å². The molecule has 3 heteroatoms. The van der Waals surface area contributed by atoms with Gasteiger partial charge in [-0.3, -0.25) is 4.79 Å². The highest BCUT2D eigenvalue weighted by Gasteiger charge is 2.16. The number of benzene rings is 1. The van der Waals surface area contributed by atoms with Crippen LogP contribution in [0.1, 0.15) is 38.9 Å². The minimum atomic E-state index is -0.259. The monoisotopic (exact) mass is 240 g/mol. The van der Waals surface area contributed by atoms with Crippen LogP contribution in [0.15, 0.2) is 24.3 Å². The number of hydrogen-bond acceptors (Lipinski definition) is 2. The molecule has 0 aromatic heterocycles. The van der Waals surface area contributed by atoms with E-state index in [-0.39, 0.29) is 12.1 Å². The average Bonchev–Trinajstić information content (AvgIpc) is 2.15. The summed E-state index contributed by atoms with van der Waals surface area (Å²) in [6.07, 6.45) is 0.608. The van der Waals surface area contributed by atoms with Crippen molar-refractivity contribution in [2.45, 2.75) is 33.3 Å². The number of ether oxygens (including phenoxy) is 1. The van der Waals surface area contributed by atoms with Crippen molar-refractivity contribution in [1.82, 2.24) is 0 Å². The molecule has 0 saturated carbocycles. The number of hydrogen-bond donors (Lipinski definition) is 0. The van der Waals surface area contributed by atoms with E-state index < -0.39 is 0 Å². The summed E-state index contributed by atoms with van der Waals surface area (Å²) in [6, 6.07) is 7.46. The van der Waals surface area contributed by atoms with Crippen LogP contribution in [0.4, 0.5) is 0 Å². The minimum Gasteiger partial charge on any atom is -0.458 e. The van der Waals surface area contributed by atoms with Gasteiger partial charge in [0.05, 0.1) is 0 Å². The molecule has 0 fully saturated rings. The maximum absolute atomic E-state index is 11.0. The van der Waals surface area contributed by atoms with Crippen molar-refractivity contribution >= 4 is 17.6 Å². The Morgan fingerprint density at radius 1 is 1.44 bits per heavy atom. The Morgan fingerprint density at radius 3 is 2.62 bits per heavy atom. The van der Waals surface area contributed by atoms with Crippen molar-refractivity contribution in [1.29, 1.82) is 0 Å². The normalized spacial score (nSPS) is 12.6. The van der Waals surface area contributed by atoms with Gasteiger partial charge in [0, 0.05) is 11.9 Å². The molecule has 0 amide bonds. The number of carbonyl (C=O) groups excluding carboxylic acids is 1. The van der Waals surface area contributed by atoms with E-state index in [0.29, 0.717) is 10.9 Å². The van der Waals surface area contributed by atoms with Gasteiger partial charge in [-0.15, -0.1) is 0 Å². The maximum atomic E-state index is 11.0. The third kappa shape index (κ3) is 4.23. The molecule has 0 aliphatic rings. The van der Waals surface area contributed by atoms with Gasteiger partial charge in [0.15, 0.2) is 0 Å². The summed E-state index contributed by atoms with van der Waals surface area (Å²) in [4.78, 5) is 11.0. The lowest BCUT2D eigenvalue weighted by atomic mass is 9.99. The molecule has 0 radical (unpaired) electrons. The Hall–Kier alpha value is -1.02. The number of halogens is 1. The van der Waals surface area contributed by atoms with Crippen LogP contribution in [0.25, 0.3) is 0 Å². The fourth-order valence-electron chi connectivity index (χ4n) is 1.59. The first-order valence-electron chi connectivity index (χ1n) is 5.41. The van der Waals surface area contributed by atoms with Crippen molar-refractivity contribution in [2.24, 2.45) is 5.92 Å². The molecule has 1 atom stereocenters. The van der Waals surface area contributed by atoms with Crippen molar-refractivity contribution in [2.75, 3.05) is 0 Å². The summed E-state index contributed by atoms with van der Waals surface area (Å²) < 4.78 is 5.30. The van der Waals surface area contributed by atoms with Gasteiger partial charge in [0.1, 0.15) is 6.10 Å². The SMILES string of the molecule is CC(=O)O[C@@H](CC(C)C)c1cccc(Cl)c1. The molecule has 2 nitrogen and oxygen atoms in total. The summed E-state index contributed by atoms with van der Waals surface area (Å²) in [5.41, 5.74) is 0.955. The molecule has 0 heterocycles. The zero-order valence-corrected chi connectivity index (χ0v) is 10.6. The molecule has 0 N–H and O–H groups in total. The molecule has 1 aromatic rings. The number of rotatable bonds is 4. The van der Waals surface area contributed by atoms with Crippen LogP contribution in [-0.2, 0) is 9.53 Å². The molecule has 1 aromatic carbocycles. The van der Waals surface area contributed by atoms with Gasteiger partial charge in [-0.05, 0) is 30.0 Å². The number of carbonyl (C=O) groups is 1. The van der Waals surface area contributed by atoms with E-state index in [9.17, 15) is 4.79 Å².